The van der Waals surface area contributed by atoms with E-state index in [9.17, 15) is 14.4 Å². The van der Waals surface area contributed by atoms with Crippen LogP contribution in [0.25, 0.3) is 11.3 Å². The largest absolute Gasteiger partial charge is 0.325 e. The smallest absolute Gasteiger partial charge is 0.278 e. The topological polar surface area (TPSA) is 117 Å². The minimum absolute atomic E-state index is 0.0955. The summed E-state index contributed by atoms with van der Waals surface area (Å²) in [5.41, 5.74) is 1.31. The van der Waals surface area contributed by atoms with Crippen molar-refractivity contribution in [1.29, 1.82) is 0 Å². The molecule has 9 heteroatoms. The standard InChI is InChI=1S/C22H23N5O3S/c1-3-17(20(29)23-14-10-6-5-7-11-14)31-22-25-21(30)19(26-27-22)15-12-8-9-13-16(15)24-18(28)4-2/h5-13,17H,3-4H2,1-2H3,(H,23,29)(H,24,28)(H,25,27,30)/t17-/m0/s1. The van der Waals surface area contributed by atoms with Crippen LogP contribution in [0.3, 0.4) is 0 Å². The van der Waals surface area contributed by atoms with Crippen LogP contribution in [0.2, 0.25) is 0 Å². The van der Waals surface area contributed by atoms with Gasteiger partial charge in [-0.05, 0) is 24.6 Å². The van der Waals surface area contributed by atoms with Crippen LogP contribution in [0.4, 0.5) is 11.4 Å². The first-order valence-electron chi connectivity index (χ1n) is 9.90. The van der Waals surface area contributed by atoms with Gasteiger partial charge in [0.1, 0.15) is 0 Å². The third-order valence-corrected chi connectivity index (χ3v) is 5.65. The van der Waals surface area contributed by atoms with Crippen LogP contribution in [-0.4, -0.2) is 32.2 Å². The van der Waals surface area contributed by atoms with Crippen molar-refractivity contribution in [1.82, 2.24) is 15.2 Å². The molecule has 0 unspecified atom stereocenters. The van der Waals surface area contributed by atoms with Crippen molar-refractivity contribution >= 4 is 35.0 Å². The van der Waals surface area contributed by atoms with Crippen molar-refractivity contribution in [3.63, 3.8) is 0 Å². The highest BCUT2D eigenvalue weighted by Crippen LogP contribution is 2.26. The van der Waals surface area contributed by atoms with Gasteiger partial charge in [0.25, 0.3) is 5.56 Å². The SMILES string of the molecule is CCC(=O)Nc1ccccc1-c1nnc(S[C@@H](CC)C(=O)Nc2ccccc2)[nH]c1=O. The van der Waals surface area contributed by atoms with Crippen molar-refractivity contribution in [2.45, 2.75) is 37.1 Å². The quantitative estimate of drug-likeness (QED) is 0.463. The van der Waals surface area contributed by atoms with Gasteiger partial charge in [-0.25, -0.2) is 0 Å². The molecule has 160 valence electrons. The summed E-state index contributed by atoms with van der Waals surface area (Å²) in [6.45, 7) is 3.63. The molecule has 0 aliphatic heterocycles. The van der Waals surface area contributed by atoms with Gasteiger partial charge in [-0.1, -0.05) is 62.0 Å². The van der Waals surface area contributed by atoms with Crippen LogP contribution in [0, 0.1) is 0 Å². The Kier molecular flexibility index (Phi) is 7.55. The molecule has 31 heavy (non-hydrogen) atoms. The summed E-state index contributed by atoms with van der Waals surface area (Å²) in [7, 11) is 0. The number of amides is 2. The first kappa shape index (κ1) is 22.2. The summed E-state index contributed by atoms with van der Waals surface area (Å²) in [5.74, 6) is -0.350. The molecule has 3 N–H and O–H groups in total. The van der Waals surface area contributed by atoms with Crippen molar-refractivity contribution < 1.29 is 9.59 Å². The van der Waals surface area contributed by atoms with Gasteiger partial charge in [-0.2, -0.15) is 0 Å². The molecule has 0 aliphatic carbocycles. The monoisotopic (exact) mass is 437 g/mol. The number of nitrogens with zero attached hydrogens (tertiary/aromatic N) is 2. The Hall–Kier alpha value is -3.46. The lowest BCUT2D eigenvalue weighted by molar-refractivity contribution is -0.116. The molecular formula is C22H23N5O3S. The van der Waals surface area contributed by atoms with E-state index >= 15 is 0 Å². The van der Waals surface area contributed by atoms with Gasteiger partial charge in [-0.3, -0.25) is 19.4 Å². The lowest BCUT2D eigenvalue weighted by Crippen LogP contribution is -2.25. The van der Waals surface area contributed by atoms with Gasteiger partial charge < -0.3 is 10.6 Å². The summed E-state index contributed by atoms with van der Waals surface area (Å²) in [5, 5.41) is 13.6. The van der Waals surface area contributed by atoms with Gasteiger partial charge in [0, 0.05) is 17.7 Å². The Balaban J connectivity index is 1.79. The summed E-state index contributed by atoms with van der Waals surface area (Å²) < 4.78 is 0. The fourth-order valence-corrected chi connectivity index (χ4v) is 3.63. The molecule has 2 aromatic carbocycles. The van der Waals surface area contributed by atoms with E-state index < -0.39 is 10.8 Å². The lowest BCUT2D eigenvalue weighted by Gasteiger charge is -2.14. The highest BCUT2D eigenvalue weighted by molar-refractivity contribution is 8.00. The van der Waals surface area contributed by atoms with E-state index in [0.717, 1.165) is 11.8 Å². The number of benzene rings is 2. The summed E-state index contributed by atoms with van der Waals surface area (Å²) in [6, 6.07) is 16.1. The normalized spacial score (nSPS) is 11.5. The van der Waals surface area contributed by atoms with Crippen LogP contribution < -0.4 is 16.2 Å². The Morgan fingerprint density at radius 1 is 1.00 bits per heavy atom. The average Bonchev–Trinajstić information content (AvgIpc) is 2.78. The molecule has 1 heterocycles. The van der Waals surface area contributed by atoms with Crippen LogP contribution >= 0.6 is 11.8 Å². The first-order chi connectivity index (χ1) is 15.0. The van der Waals surface area contributed by atoms with Crippen LogP contribution in [-0.2, 0) is 9.59 Å². The first-order valence-corrected chi connectivity index (χ1v) is 10.8. The molecule has 0 saturated heterocycles. The molecule has 0 bridgehead atoms. The number of carbonyl (C=O) groups excluding carboxylic acids is 2. The van der Waals surface area contributed by atoms with E-state index in [2.05, 4.69) is 25.8 Å². The molecular weight excluding hydrogens is 414 g/mol. The third-order valence-electron chi connectivity index (χ3n) is 4.41. The van der Waals surface area contributed by atoms with Gasteiger partial charge >= 0.3 is 0 Å². The molecule has 0 aliphatic rings. The number of nitrogens with one attached hydrogen (secondary N) is 3. The maximum absolute atomic E-state index is 12.7. The fourth-order valence-electron chi connectivity index (χ4n) is 2.79. The van der Waals surface area contributed by atoms with E-state index in [4.69, 9.17) is 0 Å². The molecule has 2 amide bonds. The van der Waals surface area contributed by atoms with E-state index in [-0.39, 0.29) is 22.7 Å². The number of rotatable bonds is 8. The summed E-state index contributed by atoms with van der Waals surface area (Å²) >= 11 is 1.14. The second-order valence-corrected chi connectivity index (χ2v) is 7.82. The maximum Gasteiger partial charge on any atom is 0.278 e. The third kappa shape index (κ3) is 5.79. The molecule has 0 radical (unpaired) electrons. The number of thioether (sulfide) groups is 1. The van der Waals surface area contributed by atoms with E-state index in [1.807, 2.05) is 25.1 Å². The summed E-state index contributed by atoms with van der Waals surface area (Å²) in [4.78, 5) is 39.8. The number of hydrogen-bond acceptors (Lipinski definition) is 6. The van der Waals surface area contributed by atoms with Crippen LogP contribution in [0.5, 0.6) is 0 Å². The van der Waals surface area contributed by atoms with E-state index in [0.29, 0.717) is 29.8 Å². The fraction of sp³-hybridized carbons (Fsp3) is 0.227. The highest BCUT2D eigenvalue weighted by atomic mass is 32.2. The minimum Gasteiger partial charge on any atom is -0.325 e. The van der Waals surface area contributed by atoms with Crippen LogP contribution in [0.15, 0.2) is 64.5 Å². The predicted molar refractivity (Wildman–Crippen MR) is 122 cm³/mol. The maximum atomic E-state index is 12.7. The Morgan fingerprint density at radius 3 is 2.39 bits per heavy atom. The zero-order valence-electron chi connectivity index (χ0n) is 17.2. The number of para-hydroxylation sites is 2. The molecule has 1 aromatic heterocycles. The highest BCUT2D eigenvalue weighted by Gasteiger charge is 2.21. The Bertz CT molecular complexity index is 1120. The average molecular weight is 438 g/mol. The minimum atomic E-state index is -0.452. The van der Waals surface area contributed by atoms with Gasteiger partial charge in [-0.15, -0.1) is 10.2 Å². The van der Waals surface area contributed by atoms with Gasteiger partial charge in [0.05, 0.1) is 10.9 Å². The number of carbonyl (C=O) groups is 2. The molecule has 0 spiro atoms. The predicted octanol–water partition coefficient (Wildman–Crippen LogP) is 3.69. The summed E-state index contributed by atoms with van der Waals surface area (Å²) in [6.07, 6.45) is 0.857. The Morgan fingerprint density at radius 2 is 1.71 bits per heavy atom. The molecule has 3 rings (SSSR count). The second kappa shape index (κ2) is 10.5. The zero-order chi connectivity index (χ0) is 22.2. The number of aromatic amines is 1. The molecule has 0 saturated carbocycles. The molecule has 1 atom stereocenters. The van der Waals surface area contributed by atoms with E-state index in [1.54, 1.807) is 43.3 Å². The molecule has 0 fully saturated rings. The number of hydrogen-bond donors (Lipinski definition) is 3. The second-order valence-electron chi connectivity index (χ2n) is 6.63. The van der Waals surface area contributed by atoms with E-state index in [1.165, 1.54) is 0 Å². The van der Waals surface area contributed by atoms with Crippen molar-refractivity contribution in [3.8, 4) is 11.3 Å². The van der Waals surface area contributed by atoms with Crippen molar-refractivity contribution in [2.75, 3.05) is 10.6 Å². The molecule has 3 aromatic rings. The van der Waals surface area contributed by atoms with Crippen LogP contribution in [0.1, 0.15) is 26.7 Å². The van der Waals surface area contributed by atoms with Gasteiger partial charge in [0.2, 0.25) is 11.8 Å². The number of aromatic nitrogens is 3. The number of anilines is 2. The zero-order valence-corrected chi connectivity index (χ0v) is 18.0. The molecule has 8 nitrogen and oxygen atoms in total. The van der Waals surface area contributed by atoms with Crippen molar-refractivity contribution in [3.05, 3.63) is 65.0 Å². The lowest BCUT2D eigenvalue weighted by atomic mass is 10.1. The van der Waals surface area contributed by atoms with Crippen molar-refractivity contribution in [2.24, 2.45) is 0 Å². The number of H-pyrrole nitrogens is 1. The Labute approximate surface area is 183 Å². The van der Waals surface area contributed by atoms with Gasteiger partial charge in [0.15, 0.2) is 10.9 Å².